The zero-order chi connectivity index (χ0) is 13.2. The van der Waals surface area contributed by atoms with E-state index in [4.69, 9.17) is 5.84 Å². The molecule has 0 saturated carbocycles. The molecule has 1 unspecified atom stereocenters. The van der Waals surface area contributed by atoms with E-state index in [-0.39, 0.29) is 0 Å². The van der Waals surface area contributed by atoms with Crippen molar-refractivity contribution in [2.75, 3.05) is 23.4 Å². The fourth-order valence-electron chi connectivity index (χ4n) is 2.53. The van der Waals surface area contributed by atoms with Gasteiger partial charge < -0.3 is 15.4 Å². The number of β-amino-alcohol motifs (C(OH)–C–C–N with tert-alkyl or cyclic N) is 1. The smallest absolute Gasteiger partial charge is 0.148 e. The van der Waals surface area contributed by atoms with Crippen molar-refractivity contribution in [1.82, 2.24) is 9.97 Å². The predicted molar refractivity (Wildman–Crippen MR) is 71.3 cm³/mol. The van der Waals surface area contributed by atoms with Crippen molar-refractivity contribution in [2.45, 2.75) is 38.7 Å². The zero-order valence-electron chi connectivity index (χ0n) is 11.0. The van der Waals surface area contributed by atoms with Crippen molar-refractivity contribution in [1.29, 1.82) is 0 Å². The maximum atomic E-state index is 10.2. The largest absolute Gasteiger partial charge is 0.388 e. The molecule has 1 aromatic rings. The van der Waals surface area contributed by atoms with Gasteiger partial charge in [-0.3, -0.25) is 0 Å². The molecule has 1 atom stereocenters. The highest BCUT2D eigenvalue weighted by molar-refractivity contribution is 5.58. The molecule has 1 aromatic heterocycles. The van der Waals surface area contributed by atoms with Gasteiger partial charge in [0.05, 0.1) is 5.60 Å². The van der Waals surface area contributed by atoms with E-state index in [1.54, 1.807) is 0 Å². The Labute approximate surface area is 107 Å². The number of rotatable bonds is 3. The van der Waals surface area contributed by atoms with Gasteiger partial charge in [0.1, 0.15) is 18.0 Å². The van der Waals surface area contributed by atoms with Crippen LogP contribution in [0.15, 0.2) is 6.33 Å². The van der Waals surface area contributed by atoms with Crippen molar-refractivity contribution in [3.8, 4) is 0 Å². The van der Waals surface area contributed by atoms with Crippen LogP contribution in [0.5, 0.6) is 0 Å². The first kappa shape index (κ1) is 13.0. The summed E-state index contributed by atoms with van der Waals surface area (Å²) in [5.41, 5.74) is 2.96. The van der Waals surface area contributed by atoms with Crippen LogP contribution < -0.4 is 16.2 Å². The van der Waals surface area contributed by atoms with Crippen LogP contribution >= 0.6 is 0 Å². The lowest BCUT2D eigenvalue weighted by atomic mass is 9.95. The van der Waals surface area contributed by atoms with Crippen LogP contribution in [0, 0.1) is 0 Å². The molecule has 4 N–H and O–H groups in total. The standard InChI is InChI=1S/C12H21N5O/c1-3-9-10(16-13)14-8-15-11(9)17-6-4-5-12(2,18)7-17/h8,18H,3-7,13H2,1-2H3,(H,14,15,16). The summed E-state index contributed by atoms with van der Waals surface area (Å²) < 4.78 is 0. The first-order valence-corrected chi connectivity index (χ1v) is 6.35. The Morgan fingerprint density at radius 2 is 2.33 bits per heavy atom. The topological polar surface area (TPSA) is 87.3 Å². The summed E-state index contributed by atoms with van der Waals surface area (Å²) in [6, 6.07) is 0. The van der Waals surface area contributed by atoms with E-state index in [0.717, 1.165) is 37.2 Å². The highest BCUT2D eigenvalue weighted by atomic mass is 16.3. The van der Waals surface area contributed by atoms with Gasteiger partial charge in [0, 0.05) is 18.7 Å². The second kappa shape index (κ2) is 5.07. The Morgan fingerprint density at radius 1 is 1.56 bits per heavy atom. The first-order valence-electron chi connectivity index (χ1n) is 6.35. The molecule has 6 heteroatoms. The van der Waals surface area contributed by atoms with Crippen molar-refractivity contribution in [3.05, 3.63) is 11.9 Å². The molecule has 0 aliphatic carbocycles. The minimum atomic E-state index is -0.648. The van der Waals surface area contributed by atoms with Gasteiger partial charge in [-0.05, 0) is 26.2 Å². The number of nitrogens with one attached hydrogen (secondary N) is 1. The molecule has 0 spiro atoms. The Balaban J connectivity index is 2.32. The quantitative estimate of drug-likeness (QED) is 0.541. The van der Waals surface area contributed by atoms with Crippen molar-refractivity contribution < 1.29 is 5.11 Å². The molecule has 1 fully saturated rings. The van der Waals surface area contributed by atoms with E-state index in [9.17, 15) is 5.11 Å². The number of nitrogens with two attached hydrogens (primary N) is 1. The average molecular weight is 251 g/mol. The normalized spacial score (nSPS) is 24.1. The predicted octanol–water partition coefficient (Wildman–Crippen LogP) is 0.676. The van der Waals surface area contributed by atoms with E-state index in [2.05, 4.69) is 20.3 Å². The molecule has 2 rings (SSSR count). The Morgan fingerprint density at radius 3 is 2.94 bits per heavy atom. The van der Waals surface area contributed by atoms with Gasteiger partial charge in [0.25, 0.3) is 0 Å². The average Bonchev–Trinajstić information content (AvgIpc) is 2.36. The van der Waals surface area contributed by atoms with Crippen molar-refractivity contribution in [2.24, 2.45) is 5.84 Å². The van der Waals surface area contributed by atoms with E-state index in [1.807, 2.05) is 13.8 Å². The van der Waals surface area contributed by atoms with Gasteiger partial charge in [-0.25, -0.2) is 15.8 Å². The number of anilines is 2. The summed E-state index contributed by atoms with van der Waals surface area (Å²) in [4.78, 5) is 10.6. The van der Waals surface area contributed by atoms with Gasteiger partial charge in [-0.15, -0.1) is 0 Å². The fraction of sp³-hybridized carbons (Fsp3) is 0.667. The lowest BCUT2D eigenvalue weighted by Gasteiger charge is -2.38. The SMILES string of the molecule is CCc1c(NN)ncnc1N1CCCC(C)(O)C1. The van der Waals surface area contributed by atoms with Crippen LogP contribution in [-0.4, -0.2) is 33.8 Å². The number of aliphatic hydroxyl groups is 1. The maximum Gasteiger partial charge on any atom is 0.148 e. The fourth-order valence-corrected chi connectivity index (χ4v) is 2.53. The van der Waals surface area contributed by atoms with Gasteiger partial charge in [-0.2, -0.15) is 0 Å². The molecule has 0 aromatic carbocycles. The Bertz CT molecular complexity index is 421. The highest BCUT2D eigenvalue weighted by Crippen LogP contribution is 2.29. The van der Waals surface area contributed by atoms with Crippen molar-refractivity contribution >= 4 is 11.6 Å². The number of hydrazine groups is 1. The molecule has 0 amide bonds. The number of hydrogen-bond donors (Lipinski definition) is 3. The molecule has 2 heterocycles. The second-order valence-corrected chi connectivity index (χ2v) is 5.04. The van der Waals surface area contributed by atoms with Crippen LogP contribution in [0.2, 0.25) is 0 Å². The van der Waals surface area contributed by atoms with Crippen LogP contribution in [-0.2, 0) is 6.42 Å². The highest BCUT2D eigenvalue weighted by Gasteiger charge is 2.30. The number of hydrogen-bond acceptors (Lipinski definition) is 6. The van der Waals surface area contributed by atoms with Crippen LogP contribution in [0.3, 0.4) is 0 Å². The number of nitrogen functional groups attached to an aromatic ring is 1. The molecule has 100 valence electrons. The molecule has 1 aliphatic heterocycles. The number of aromatic nitrogens is 2. The van der Waals surface area contributed by atoms with Crippen LogP contribution in [0.4, 0.5) is 11.6 Å². The molecular formula is C12H21N5O. The molecular weight excluding hydrogens is 230 g/mol. The number of piperidine rings is 1. The Hall–Kier alpha value is -1.40. The lowest BCUT2D eigenvalue weighted by molar-refractivity contribution is 0.0446. The molecule has 6 nitrogen and oxygen atoms in total. The molecule has 18 heavy (non-hydrogen) atoms. The first-order chi connectivity index (χ1) is 8.57. The van der Waals surface area contributed by atoms with Gasteiger partial charge in [0.15, 0.2) is 0 Å². The molecule has 1 aliphatic rings. The summed E-state index contributed by atoms with van der Waals surface area (Å²) in [5.74, 6) is 7.01. The molecule has 0 radical (unpaired) electrons. The summed E-state index contributed by atoms with van der Waals surface area (Å²) in [6.45, 7) is 5.42. The van der Waals surface area contributed by atoms with Crippen LogP contribution in [0.25, 0.3) is 0 Å². The van der Waals surface area contributed by atoms with E-state index in [1.165, 1.54) is 6.33 Å². The summed E-state index contributed by atoms with van der Waals surface area (Å²) in [5, 5.41) is 10.2. The summed E-state index contributed by atoms with van der Waals surface area (Å²) in [6.07, 6.45) is 4.10. The van der Waals surface area contributed by atoms with E-state index >= 15 is 0 Å². The minimum absolute atomic E-state index is 0.598. The van der Waals surface area contributed by atoms with Crippen molar-refractivity contribution in [3.63, 3.8) is 0 Å². The third-order valence-corrected chi connectivity index (χ3v) is 3.39. The van der Waals surface area contributed by atoms with Crippen LogP contribution in [0.1, 0.15) is 32.3 Å². The van der Waals surface area contributed by atoms with Gasteiger partial charge >= 0.3 is 0 Å². The third kappa shape index (κ3) is 2.54. The van der Waals surface area contributed by atoms with E-state index < -0.39 is 5.60 Å². The second-order valence-electron chi connectivity index (χ2n) is 5.04. The summed E-state index contributed by atoms with van der Waals surface area (Å²) in [7, 11) is 0. The number of nitrogens with zero attached hydrogens (tertiary/aromatic N) is 3. The minimum Gasteiger partial charge on any atom is -0.388 e. The Kier molecular flexibility index (Phi) is 3.68. The summed E-state index contributed by atoms with van der Waals surface area (Å²) >= 11 is 0. The molecule has 1 saturated heterocycles. The zero-order valence-corrected chi connectivity index (χ0v) is 11.0. The monoisotopic (exact) mass is 251 g/mol. The molecule has 0 bridgehead atoms. The van der Waals surface area contributed by atoms with Gasteiger partial charge in [-0.1, -0.05) is 6.92 Å². The van der Waals surface area contributed by atoms with Gasteiger partial charge in [0.2, 0.25) is 0 Å². The van der Waals surface area contributed by atoms with E-state index in [0.29, 0.717) is 12.4 Å². The maximum absolute atomic E-state index is 10.2. The lowest BCUT2D eigenvalue weighted by Crippen LogP contribution is -2.46. The third-order valence-electron chi connectivity index (χ3n) is 3.39.